The summed E-state index contributed by atoms with van der Waals surface area (Å²) in [5.74, 6) is 2.53. The number of halogens is 1. The molecule has 0 fully saturated rings. The Hall–Kier alpha value is -1.18. The van der Waals surface area contributed by atoms with Gasteiger partial charge in [-0.3, -0.25) is 4.99 Å². The number of guanidine groups is 1. The molecule has 0 spiro atoms. The summed E-state index contributed by atoms with van der Waals surface area (Å²) >= 11 is 0. The van der Waals surface area contributed by atoms with Crippen molar-refractivity contribution < 1.29 is 9.47 Å². The van der Waals surface area contributed by atoms with Gasteiger partial charge in [0.2, 0.25) is 0 Å². The van der Waals surface area contributed by atoms with Crippen molar-refractivity contribution in [2.75, 3.05) is 33.9 Å². The van der Waals surface area contributed by atoms with Gasteiger partial charge < -0.3 is 19.7 Å². The molecule has 1 aromatic carbocycles. The van der Waals surface area contributed by atoms with Gasteiger partial charge in [0.15, 0.2) is 17.5 Å². The Morgan fingerprint density at radius 3 is 2.76 bits per heavy atom. The molecule has 6 heteroatoms. The van der Waals surface area contributed by atoms with Crippen LogP contribution >= 0.6 is 24.0 Å². The SMILES string of the molecule is CCCOc1ccc(CNC2=NCCN2C)cc1OC.I. The Morgan fingerprint density at radius 1 is 1.33 bits per heavy atom. The van der Waals surface area contributed by atoms with E-state index in [9.17, 15) is 0 Å². The fourth-order valence-corrected chi connectivity index (χ4v) is 2.06. The summed E-state index contributed by atoms with van der Waals surface area (Å²) in [5, 5.41) is 3.34. The van der Waals surface area contributed by atoms with E-state index >= 15 is 0 Å². The average Bonchev–Trinajstić information content (AvgIpc) is 2.88. The molecule has 0 aromatic heterocycles. The van der Waals surface area contributed by atoms with Gasteiger partial charge in [-0.15, -0.1) is 24.0 Å². The zero-order valence-corrected chi connectivity index (χ0v) is 15.2. The van der Waals surface area contributed by atoms with Gasteiger partial charge in [0.1, 0.15) is 0 Å². The van der Waals surface area contributed by atoms with E-state index in [0.29, 0.717) is 6.61 Å². The molecular formula is C15H24IN3O2. The van der Waals surface area contributed by atoms with Crippen molar-refractivity contribution in [2.24, 2.45) is 4.99 Å². The molecule has 0 aliphatic carbocycles. The summed E-state index contributed by atoms with van der Waals surface area (Å²) < 4.78 is 11.0. The molecule has 5 nitrogen and oxygen atoms in total. The molecule has 1 N–H and O–H groups in total. The van der Waals surface area contributed by atoms with Crippen LogP contribution in [0.2, 0.25) is 0 Å². The fourth-order valence-electron chi connectivity index (χ4n) is 2.06. The number of nitrogens with zero attached hydrogens (tertiary/aromatic N) is 2. The average molecular weight is 405 g/mol. The lowest BCUT2D eigenvalue weighted by Gasteiger charge is -2.16. The van der Waals surface area contributed by atoms with Gasteiger partial charge >= 0.3 is 0 Å². The first kappa shape index (κ1) is 17.9. The molecule has 0 saturated heterocycles. The third-order valence-electron chi connectivity index (χ3n) is 3.20. The smallest absolute Gasteiger partial charge is 0.194 e. The summed E-state index contributed by atoms with van der Waals surface area (Å²) in [6.45, 7) is 5.37. The molecular weight excluding hydrogens is 381 g/mol. The summed E-state index contributed by atoms with van der Waals surface area (Å²) in [6, 6.07) is 6.02. The Balaban J connectivity index is 0.00000220. The van der Waals surface area contributed by atoms with Gasteiger partial charge in [-0.05, 0) is 24.1 Å². The second-order valence-corrected chi connectivity index (χ2v) is 4.81. The van der Waals surface area contributed by atoms with Crippen molar-refractivity contribution in [3.8, 4) is 11.5 Å². The molecule has 118 valence electrons. The van der Waals surface area contributed by atoms with Crippen LogP contribution in [0.3, 0.4) is 0 Å². The fraction of sp³-hybridized carbons (Fsp3) is 0.533. The Labute approximate surface area is 143 Å². The molecule has 0 atom stereocenters. The summed E-state index contributed by atoms with van der Waals surface area (Å²) in [6.07, 6.45) is 0.985. The van der Waals surface area contributed by atoms with Gasteiger partial charge in [0, 0.05) is 20.1 Å². The highest BCUT2D eigenvalue weighted by Crippen LogP contribution is 2.28. The molecule has 1 aromatic rings. The monoisotopic (exact) mass is 405 g/mol. The van der Waals surface area contributed by atoms with E-state index in [4.69, 9.17) is 9.47 Å². The van der Waals surface area contributed by atoms with E-state index in [1.165, 1.54) is 0 Å². The standard InChI is InChI=1S/C15H23N3O2.HI/c1-4-9-20-13-6-5-12(10-14(13)19-3)11-17-15-16-7-8-18(15)2;/h5-6,10H,4,7-9,11H2,1-3H3,(H,16,17);1H. The normalized spacial score (nSPS) is 13.5. The van der Waals surface area contributed by atoms with Crippen molar-refractivity contribution in [2.45, 2.75) is 19.9 Å². The number of hydrogen-bond acceptors (Lipinski definition) is 5. The van der Waals surface area contributed by atoms with Crippen LogP contribution in [0.4, 0.5) is 0 Å². The first-order valence-corrected chi connectivity index (χ1v) is 7.03. The van der Waals surface area contributed by atoms with Crippen LogP contribution in [0.15, 0.2) is 23.2 Å². The largest absolute Gasteiger partial charge is 0.493 e. The maximum Gasteiger partial charge on any atom is 0.194 e. The van der Waals surface area contributed by atoms with Crippen molar-refractivity contribution >= 4 is 29.9 Å². The second kappa shape index (κ2) is 8.96. The first-order valence-electron chi connectivity index (χ1n) is 7.03. The van der Waals surface area contributed by atoms with Crippen LogP contribution < -0.4 is 14.8 Å². The number of ether oxygens (including phenoxy) is 2. The van der Waals surface area contributed by atoms with Crippen molar-refractivity contribution in [1.82, 2.24) is 10.2 Å². The Kier molecular flexibility index (Phi) is 7.63. The lowest BCUT2D eigenvalue weighted by atomic mass is 10.2. The molecule has 1 aliphatic heterocycles. The number of aliphatic imine (C=N–C) groups is 1. The molecule has 0 radical (unpaired) electrons. The zero-order chi connectivity index (χ0) is 14.4. The molecule has 0 amide bonds. The van der Waals surface area contributed by atoms with Gasteiger partial charge in [-0.2, -0.15) is 0 Å². The van der Waals surface area contributed by atoms with E-state index in [1.54, 1.807) is 7.11 Å². The van der Waals surface area contributed by atoms with Crippen molar-refractivity contribution in [3.05, 3.63) is 23.8 Å². The van der Waals surface area contributed by atoms with Crippen LogP contribution in [0.25, 0.3) is 0 Å². The lowest BCUT2D eigenvalue weighted by molar-refractivity contribution is 0.294. The highest BCUT2D eigenvalue weighted by molar-refractivity contribution is 14.0. The van der Waals surface area contributed by atoms with Crippen molar-refractivity contribution in [3.63, 3.8) is 0 Å². The minimum Gasteiger partial charge on any atom is -0.493 e. The van der Waals surface area contributed by atoms with Crippen LogP contribution in [0.1, 0.15) is 18.9 Å². The Morgan fingerprint density at radius 2 is 2.14 bits per heavy atom. The summed E-state index contributed by atoms with van der Waals surface area (Å²) in [5.41, 5.74) is 1.15. The summed E-state index contributed by atoms with van der Waals surface area (Å²) in [7, 11) is 3.71. The molecule has 1 heterocycles. The lowest BCUT2D eigenvalue weighted by Crippen LogP contribution is -2.35. The first-order chi connectivity index (χ1) is 9.74. The number of benzene rings is 1. The van der Waals surface area contributed by atoms with E-state index in [-0.39, 0.29) is 24.0 Å². The number of likely N-dealkylation sites (N-methyl/N-ethyl adjacent to an activating group) is 1. The zero-order valence-electron chi connectivity index (χ0n) is 12.9. The van der Waals surface area contributed by atoms with Gasteiger partial charge in [-0.25, -0.2) is 0 Å². The molecule has 21 heavy (non-hydrogen) atoms. The maximum absolute atomic E-state index is 5.65. The van der Waals surface area contributed by atoms with Crippen molar-refractivity contribution in [1.29, 1.82) is 0 Å². The van der Waals surface area contributed by atoms with Crippen LogP contribution in [0.5, 0.6) is 11.5 Å². The molecule has 2 rings (SSSR count). The predicted octanol–water partition coefficient (Wildman–Crippen LogP) is 2.49. The van der Waals surface area contributed by atoms with E-state index < -0.39 is 0 Å². The summed E-state index contributed by atoms with van der Waals surface area (Å²) in [4.78, 5) is 6.53. The minimum atomic E-state index is 0. The predicted molar refractivity (Wildman–Crippen MR) is 96.0 cm³/mol. The minimum absolute atomic E-state index is 0. The number of nitrogens with one attached hydrogen (secondary N) is 1. The third kappa shape index (κ3) is 4.94. The number of methoxy groups -OCH3 is 1. The highest BCUT2D eigenvalue weighted by Gasteiger charge is 2.12. The van der Waals surface area contributed by atoms with E-state index in [2.05, 4.69) is 28.2 Å². The second-order valence-electron chi connectivity index (χ2n) is 4.81. The van der Waals surface area contributed by atoms with Gasteiger partial charge in [0.25, 0.3) is 0 Å². The van der Waals surface area contributed by atoms with E-state index in [1.807, 2.05) is 19.2 Å². The van der Waals surface area contributed by atoms with Crippen LogP contribution in [-0.4, -0.2) is 44.7 Å². The third-order valence-corrected chi connectivity index (χ3v) is 3.20. The topological polar surface area (TPSA) is 46.1 Å². The molecule has 1 aliphatic rings. The molecule has 0 unspecified atom stereocenters. The van der Waals surface area contributed by atoms with Crippen LogP contribution in [-0.2, 0) is 6.54 Å². The quantitative estimate of drug-likeness (QED) is 0.739. The molecule has 0 bridgehead atoms. The highest BCUT2D eigenvalue weighted by atomic mass is 127. The van der Waals surface area contributed by atoms with Crippen LogP contribution in [0, 0.1) is 0 Å². The Bertz CT molecular complexity index is 480. The van der Waals surface area contributed by atoms with Gasteiger partial charge in [0.05, 0.1) is 20.3 Å². The maximum atomic E-state index is 5.65. The van der Waals surface area contributed by atoms with E-state index in [0.717, 1.165) is 49.1 Å². The van der Waals surface area contributed by atoms with Gasteiger partial charge in [-0.1, -0.05) is 13.0 Å². The molecule has 0 saturated carbocycles. The number of rotatable bonds is 6. The number of hydrogen-bond donors (Lipinski definition) is 1.